The molecule has 0 aliphatic heterocycles. The molecule has 1 amide bonds. The smallest absolute Gasteiger partial charge is 0.251 e. The zero-order valence-electron chi connectivity index (χ0n) is 15.9. The van der Waals surface area contributed by atoms with Crippen LogP contribution in [0, 0.1) is 20.8 Å². The lowest BCUT2D eigenvalue weighted by molar-refractivity contribution is 0.0953. The Morgan fingerprint density at radius 2 is 1.92 bits per heavy atom. The Kier molecular flexibility index (Phi) is 6.20. The van der Waals surface area contributed by atoms with Crippen molar-refractivity contribution in [1.82, 2.24) is 19.8 Å². The second-order valence-corrected chi connectivity index (χ2v) is 8.02. The Bertz CT molecular complexity index is 917. The van der Waals surface area contributed by atoms with Crippen LogP contribution in [0.4, 0.5) is 0 Å². The Morgan fingerprint density at radius 3 is 2.50 bits per heavy atom. The molecule has 2 rings (SSSR count). The van der Waals surface area contributed by atoms with Crippen LogP contribution in [0.25, 0.3) is 0 Å². The summed E-state index contributed by atoms with van der Waals surface area (Å²) in [6.45, 7) is 8.19. The second-order valence-electron chi connectivity index (χ2n) is 6.26. The van der Waals surface area contributed by atoms with Gasteiger partial charge in [-0.05, 0) is 50.5 Å². The van der Waals surface area contributed by atoms with Gasteiger partial charge in [-0.25, -0.2) is 13.1 Å². The molecule has 26 heavy (non-hydrogen) atoms. The van der Waals surface area contributed by atoms with Crippen LogP contribution >= 0.6 is 0 Å². The first-order valence-corrected chi connectivity index (χ1v) is 10.0. The fourth-order valence-electron chi connectivity index (χ4n) is 2.86. The van der Waals surface area contributed by atoms with Gasteiger partial charge in [0.1, 0.15) is 0 Å². The summed E-state index contributed by atoms with van der Waals surface area (Å²) < 4.78 is 28.5. The number of carbonyl (C=O) groups excluding carboxylic acids is 1. The minimum Gasteiger partial charge on any atom is -0.352 e. The minimum atomic E-state index is -3.60. The van der Waals surface area contributed by atoms with E-state index in [0.717, 1.165) is 22.5 Å². The standard InChI is InChI=1S/C18H26N4O3S/c1-6-20-26(24,25)15-8-7-12(2)17(11-15)18(23)19-10-9-16-13(3)21-22(5)14(16)4/h7-8,11,20H,6,9-10H2,1-5H3,(H,19,23). The molecule has 8 heteroatoms. The Hall–Kier alpha value is -2.19. The lowest BCUT2D eigenvalue weighted by Gasteiger charge is -2.11. The number of amides is 1. The predicted octanol–water partition coefficient (Wildman–Crippen LogP) is 1.62. The van der Waals surface area contributed by atoms with E-state index in [-0.39, 0.29) is 10.8 Å². The van der Waals surface area contributed by atoms with Crippen LogP contribution in [0.15, 0.2) is 23.1 Å². The molecule has 0 bridgehead atoms. The van der Waals surface area contributed by atoms with Gasteiger partial charge in [0.15, 0.2) is 0 Å². The summed E-state index contributed by atoms with van der Waals surface area (Å²) in [5.74, 6) is -0.282. The lowest BCUT2D eigenvalue weighted by atomic mass is 10.1. The predicted molar refractivity (Wildman–Crippen MR) is 101 cm³/mol. The first-order chi connectivity index (χ1) is 12.2. The molecule has 0 spiro atoms. The molecule has 142 valence electrons. The van der Waals surface area contributed by atoms with Crippen molar-refractivity contribution in [1.29, 1.82) is 0 Å². The van der Waals surface area contributed by atoms with Gasteiger partial charge < -0.3 is 5.32 Å². The first kappa shape index (κ1) is 20.1. The number of aromatic nitrogens is 2. The summed E-state index contributed by atoms with van der Waals surface area (Å²) in [6.07, 6.45) is 0.672. The summed E-state index contributed by atoms with van der Waals surface area (Å²) in [4.78, 5) is 12.6. The second kappa shape index (κ2) is 8.01. The van der Waals surface area contributed by atoms with Crippen molar-refractivity contribution in [2.24, 2.45) is 7.05 Å². The maximum absolute atomic E-state index is 12.5. The van der Waals surface area contributed by atoms with Gasteiger partial charge in [0.25, 0.3) is 5.91 Å². The number of hydrogen-bond donors (Lipinski definition) is 2. The van der Waals surface area contributed by atoms with Gasteiger partial charge in [-0.15, -0.1) is 0 Å². The van der Waals surface area contributed by atoms with E-state index < -0.39 is 10.0 Å². The number of rotatable bonds is 7. The summed E-state index contributed by atoms with van der Waals surface area (Å²) in [5.41, 5.74) is 4.24. The van der Waals surface area contributed by atoms with E-state index in [1.807, 2.05) is 25.6 Å². The van der Waals surface area contributed by atoms with Crippen LogP contribution in [0.5, 0.6) is 0 Å². The zero-order valence-corrected chi connectivity index (χ0v) is 16.7. The molecule has 2 aromatic rings. The molecule has 0 radical (unpaired) electrons. The minimum absolute atomic E-state index is 0.0917. The maximum Gasteiger partial charge on any atom is 0.251 e. The summed E-state index contributed by atoms with van der Waals surface area (Å²) in [5, 5.41) is 7.24. The number of sulfonamides is 1. The third-order valence-corrected chi connectivity index (χ3v) is 5.96. The third-order valence-electron chi connectivity index (χ3n) is 4.42. The highest BCUT2D eigenvalue weighted by molar-refractivity contribution is 7.89. The van der Waals surface area contributed by atoms with Crippen molar-refractivity contribution >= 4 is 15.9 Å². The molecule has 2 N–H and O–H groups in total. The molecule has 0 fully saturated rings. The van der Waals surface area contributed by atoms with Crippen LogP contribution in [0.2, 0.25) is 0 Å². The molecule has 0 atom stereocenters. The van der Waals surface area contributed by atoms with E-state index in [1.165, 1.54) is 12.1 Å². The molecule has 0 unspecified atom stereocenters. The van der Waals surface area contributed by atoms with Gasteiger partial charge in [0.2, 0.25) is 10.0 Å². The van der Waals surface area contributed by atoms with E-state index in [1.54, 1.807) is 19.9 Å². The number of nitrogens with zero attached hydrogens (tertiary/aromatic N) is 2. The molecule has 0 saturated carbocycles. The van der Waals surface area contributed by atoms with Gasteiger partial charge in [-0.1, -0.05) is 13.0 Å². The van der Waals surface area contributed by atoms with Gasteiger partial charge >= 0.3 is 0 Å². The summed E-state index contributed by atoms with van der Waals surface area (Å²) >= 11 is 0. The topological polar surface area (TPSA) is 93.1 Å². The van der Waals surface area contributed by atoms with Crippen molar-refractivity contribution in [2.75, 3.05) is 13.1 Å². The number of hydrogen-bond acceptors (Lipinski definition) is 4. The van der Waals surface area contributed by atoms with Gasteiger partial charge in [-0.2, -0.15) is 5.10 Å². The lowest BCUT2D eigenvalue weighted by Crippen LogP contribution is -2.28. The number of carbonyl (C=O) groups is 1. The summed E-state index contributed by atoms with van der Waals surface area (Å²) in [7, 11) is -1.70. The monoisotopic (exact) mass is 378 g/mol. The van der Waals surface area contributed by atoms with E-state index in [9.17, 15) is 13.2 Å². The molecular formula is C18H26N4O3S. The highest BCUT2D eigenvalue weighted by Gasteiger charge is 2.17. The van der Waals surface area contributed by atoms with E-state index >= 15 is 0 Å². The first-order valence-electron chi connectivity index (χ1n) is 8.55. The largest absolute Gasteiger partial charge is 0.352 e. The van der Waals surface area contributed by atoms with Gasteiger partial charge in [-0.3, -0.25) is 9.48 Å². The van der Waals surface area contributed by atoms with Crippen molar-refractivity contribution in [2.45, 2.75) is 39.0 Å². The average Bonchev–Trinajstić information content (AvgIpc) is 2.81. The average molecular weight is 378 g/mol. The number of aryl methyl sites for hydroxylation is 3. The fourth-order valence-corrected chi connectivity index (χ4v) is 3.93. The molecule has 0 aliphatic rings. The maximum atomic E-state index is 12.5. The SMILES string of the molecule is CCNS(=O)(=O)c1ccc(C)c(C(=O)NCCc2c(C)nn(C)c2C)c1. The molecular weight excluding hydrogens is 352 g/mol. The van der Waals surface area contributed by atoms with Crippen molar-refractivity contribution in [3.05, 3.63) is 46.3 Å². The van der Waals surface area contributed by atoms with Crippen LogP contribution < -0.4 is 10.0 Å². The van der Waals surface area contributed by atoms with Crippen molar-refractivity contribution < 1.29 is 13.2 Å². The fraction of sp³-hybridized carbons (Fsp3) is 0.444. The van der Waals surface area contributed by atoms with Crippen molar-refractivity contribution in [3.8, 4) is 0 Å². The van der Waals surface area contributed by atoms with E-state index in [0.29, 0.717) is 25.1 Å². The highest BCUT2D eigenvalue weighted by atomic mass is 32.2. The molecule has 0 aliphatic carbocycles. The molecule has 0 saturated heterocycles. The normalized spacial score (nSPS) is 11.6. The van der Waals surface area contributed by atoms with Crippen LogP contribution in [-0.2, 0) is 23.5 Å². The quantitative estimate of drug-likeness (QED) is 0.766. The van der Waals surface area contributed by atoms with E-state index in [2.05, 4.69) is 15.1 Å². The van der Waals surface area contributed by atoms with Crippen LogP contribution in [0.3, 0.4) is 0 Å². The molecule has 1 heterocycles. The number of benzene rings is 1. The molecule has 1 aromatic heterocycles. The van der Waals surface area contributed by atoms with Gasteiger partial charge in [0.05, 0.1) is 10.6 Å². The molecule has 1 aromatic carbocycles. The zero-order chi connectivity index (χ0) is 19.5. The van der Waals surface area contributed by atoms with Crippen LogP contribution in [0.1, 0.15) is 39.8 Å². The Labute approximate surface area is 154 Å². The van der Waals surface area contributed by atoms with Gasteiger partial charge in [0, 0.05) is 31.4 Å². The number of nitrogens with one attached hydrogen (secondary N) is 2. The van der Waals surface area contributed by atoms with Crippen LogP contribution in [-0.4, -0.2) is 37.2 Å². The Balaban J connectivity index is 2.12. The van der Waals surface area contributed by atoms with E-state index in [4.69, 9.17) is 0 Å². The Morgan fingerprint density at radius 1 is 1.23 bits per heavy atom. The molecule has 7 nitrogen and oxygen atoms in total. The highest BCUT2D eigenvalue weighted by Crippen LogP contribution is 2.16. The van der Waals surface area contributed by atoms with Crippen molar-refractivity contribution in [3.63, 3.8) is 0 Å². The third kappa shape index (κ3) is 4.31. The summed E-state index contributed by atoms with van der Waals surface area (Å²) in [6, 6.07) is 4.57.